The highest BCUT2D eigenvalue weighted by molar-refractivity contribution is 7.13. The summed E-state index contributed by atoms with van der Waals surface area (Å²) in [6.07, 6.45) is 3.10. The van der Waals surface area contributed by atoms with Crippen LogP contribution in [0.3, 0.4) is 0 Å². The van der Waals surface area contributed by atoms with E-state index in [2.05, 4.69) is 10.1 Å². The van der Waals surface area contributed by atoms with Gasteiger partial charge in [-0.15, -0.1) is 23.7 Å². The summed E-state index contributed by atoms with van der Waals surface area (Å²) in [6.45, 7) is 2.86. The van der Waals surface area contributed by atoms with E-state index in [4.69, 9.17) is 9.63 Å². The predicted molar refractivity (Wildman–Crippen MR) is 100 cm³/mol. The van der Waals surface area contributed by atoms with E-state index < -0.39 is 5.97 Å². The van der Waals surface area contributed by atoms with Crippen LogP contribution in [-0.4, -0.2) is 58.8 Å². The molecule has 1 fully saturated rings. The van der Waals surface area contributed by atoms with Crippen molar-refractivity contribution < 1.29 is 14.4 Å². The number of halogens is 1. The Morgan fingerprint density at radius 3 is 3.04 bits per heavy atom. The normalized spacial score (nSPS) is 18.7. The summed E-state index contributed by atoms with van der Waals surface area (Å²) in [6, 6.07) is 6.39. The number of nitrogens with zero attached hydrogens (tertiary/aromatic N) is 3. The van der Waals surface area contributed by atoms with Crippen molar-refractivity contribution in [3.63, 3.8) is 0 Å². The first-order chi connectivity index (χ1) is 11.6. The van der Waals surface area contributed by atoms with E-state index in [1.807, 2.05) is 35.5 Å². The Morgan fingerprint density at radius 1 is 1.48 bits per heavy atom. The lowest BCUT2D eigenvalue weighted by atomic mass is 10.1. The van der Waals surface area contributed by atoms with Crippen molar-refractivity contribution in [3.8, 4) is 10.6 Å². The van der Waals surface area contributed by atoms with Crippen LogP contribution in [0.2, 0.25) is 0 Å². The van der Waals surface area contributed by atoms with Gasteiger partial charge >= 0.3 is 5.97 Å². The van der Waals surface area contributed by atoms with Crippen LogP contribution in [0.4, 0.5) is 0 Å². The molecule has 0 aliphatic carbocycles. The van der Waals surface area contributed by atoms with Crippen molar-refractivity contribution in [1.82, 2.24) is 15.0 Å². The van der Waals surface area contributed by atoms with Crippen molar-refractivity contribution >= 4 is 29.7 Å². The monoisotopic (exact) mass is 385 g/mol. The fourth-order valence-electron chi connectivity index (χ4n) is 3.23. The van der Waals surface area contributed by atoms with Crippen molar-refractivity contribution in [2.24, 2.45) is 0 Å². The lowest BCUT2D eigenvalue weighted by Gasteiger charge is -2.25. The minimum atomic E-state index is -0.762. The summed E-state index contributed by atoms with van der Waals surface area (Å²) in [5.41, 5.74) is 0.954. The second-order valence-electron chi connectivity index (χ2n) is 6.33. The third-order valence-electron chi connectivity index (χ3n) is 4.51. The first-order valence-corrected chi connectivity index (χ1v) is 9.13. The summed E-state index contributed by atoms with van der Waals surface area (Å²) >= 11 is 1.65. The van der Waals surface area contributed by atoms with E-state index in [1.54, 1.807) is 11.3 Å². The van der Waals surface area contributed by atoms with Gasteiger partial charge in [-0.3, -0.25) is 14.6 Å². The molecule has 25 heavy (non-hydrogen) atoms. The van der Waals surface area contributed by atoms with E-state index in [0.29, 0.717) is 6.04 Å². The smallest absolute Gasteiger partial charge is 0.317 e. The van der Waals surface area contributed by atoms with E-state index in [9.17, 15) is 4.79 Å². The Kier molecular flexibility index (Phi) is 7.43. The maximum Gasteiger partial charge on any atom is 0.317 e. The Balaban J connectivity index is 0.00000225. The van der Waals surface area contributed by atoms with Crippen LogP contribution in [0.25, 0.3) is 10.6 Å². The topological polar surface area (TPSA) is 69.8 Å². The van der Waals surface area contributed by atoms with Crippen LogP contribution in [0.5, 0.6) is 0 Å². The molecular weight excluding hydrogens is 362 g/mol. The van der Waals surface area contributed by atoms with Crippen molar-refractivity contribution in [2.75, 3.05) is 26.7 Å². The molecule has 1 atom stereocenters. The maximum absolute atomic E-state index is 10.9. The zero-order chi connectivity index (χ0) is 16.9. The molecule has 3 heterocycles. The summed E-state index contributed by atoms with van der Waals surface area (Å²) in [7, 11) is 1.90. The van der Waals surface area contributed by atoms with Crippen molar-refractivity contribution in [2.45, 2.75) is 31.8 Å². The van der Waals surface area contributed by atoms with E-state index >= 15 is 0 Å². The number of hydrogen-bond donors (Lipinski definition) is 1. The third kappa shape index (κ3) is 5.54. The first-order valence-electron chi connectivity index (χ1n) is 8.25. The second kappa shape index (κ2) is 9.33. The Morgan fingerprint density at radius 2 is 2.32 bits per heavy atom. The van der Waals surface area contributed by atoms with Gasteiger partial charge in [0.05, 0.1) is 17.1 Å². The van der Waals surface area contributed by atoms with Gasteiger partial charge in [0.15, 0.2) is 5.76 Å². The van der Waals surface area contributed by atoms with Gasteiger partial charge in [0.1, 0.15) is 0 Å². The molecule has 1 aliphatic rings. The molecule has 0 saturated carbocycles. The van der Waals surface area contributed by atoms with Gasteiger partial charge in [-0.25, -0.2) is 0 Å². The highest BCUT2D eigenvalue weighted by atomic mass is 35.5. The summed E-state index contributed by atoms with van der Waals surface area (Å²) < 4.78 is 5.45. The van der Waals surface area contributed by atoms with Gasteiger partial charge in [0.2, 0.25) is 0 Å². The number of rotatable bonds is 6. The lowest BCUT2D eigenvalue weighted by Crippen LogP contribution is -2.36. The molecule has 0 spiro atoms. The molecule has 0 aromatic carbocycles. The Labute approximate surface area is 157 Å². The predicted octanol–water partition coefficient (Wildman–Crippen LogP) is 3.20. The third-order valence-corrected chi connectivity index (χ3v) is 5.39. The summed E-state index contributed by atoms with van der Waals surface area (Å²) in [5.74, 6) is 0.0659. The number of thiophene rings is 1. The van der Waals surface area contributed by atoms with Crippen LogP contribution < -0.4 is 0 Å². The number of aliphatic carboxylic acids is 1. The zero-order valence-electron chi connectivity index (χ0n) is 14.3. The van der Waals surface area contributed by atoms with Crippen LogP contribution in [0, 0.1) is 0 Å². The number of carboxylic acid groups (broad SMARTS) is 1. The highest BCUT2D eigenvalue weighted by Gasteiger charge is 2.22. The molecule has 138 valence electrons. The average Bonchev–Trinajstić information content (AvgIpc) is 3.15. The first kappa shape index (κ1) is 19.9. The van der Waals surface area contributed by atoms with Crippen LogP contribution in [0.1, 0.15) is 25.0 Å². The molecule has 1 unspecified atom stereocenters. The fourth-order valence-corrected chi connectivity index (χ4v) is 3.90. The van der Waals surface area contributed by atoms with Crippen LogP contribution in [0.15, 0.2) is 28.1 Å². The quantitative estimate of drug-likeness (QED) is 0.823. The number of likely N-dealkylation sites (N-methyl/N-ethyl adjacent to an activating group) is 1. The van der Waals surface area contributed by atoms with E-state index in [1.165, 1.54) is 0 Å². The average molecular weight is 386 g/mol. The summed E-state index contributed by atoms with van der Waals surface area (Å²) in [5, 5.41) is 15.2. The number of carbonyl (C=O) groups is 1. The van der Waals surface area contributed by atoms with Gasteiger partial charge < -0.3 is 9.63 Å². The molecule has 1 aliphatic heterocycles. The van der Waals surface area contributed by atoms with Gasteiger partial charge in [-0.2, -0.15) is 0 Å². The van der Waals surface area contributed by atoms with Gasteiger partial charge in [0, 0.05) is 25.2 Å². The molecule has 2 aromatic rings. The van der Waals surface area contributed by atoms with Gasteiger partial charge in [0.25, 0.3) is 0 Å². The lowest BCUT2D eigenvalue weighted by molar-refractivity contribution is -0.138. The Bertz CT molecular complexity index is 662. The standard InChI is InChI=1S/C17H23N3O3S.ClH/c1-19(12-17(21)22)14-4-2-7-20(8-6-14)11-13-10-15(23-18-13)16-5-3-9-24-16;/h3,5,9-10,14H,2,4,6-8,11-12H2,1H3,(H,21,22);1H. The molecule has 0 radical (unpaired) electrons. The van der Waals surface area contributed by atoms with Crippen molar-refractivity contribution in [1.29, 1.82) is 0 Å². The maximum atomic E-state index is 10.9. The zero-order valence-corrected chi connectivity index (χ0v) is 15.9. The number of carboxylic acids is 1. The number of likely N-dealkylation sites (tertiary alicyclic amines) is 1. The molecule has 8 heteroatoms. The fraction of sp³-hybridized carbons (Fsp3) is 0.529. The molecule has 0 amide bonds. The van der Waals surface area contributed by atoms with Crippen LogP contribution in [-0.2, 0) is 11.3 Å². The van der Waals surface area contributed by atoms with E-state index in [-0.39, 0.29) is 19.0 Å². The SMILES string of the molecule is CN(CC(=O)O)C1CCCN(Cc2cc(-c3cccs3)on2)CC1.Cl. The van der Waals surface area contributed by atoms with Gasteiger partial charge in [-0.1, -0.05) is 11.2 Å². The minimum absolute atomic E-state index is 0. The Hall–Kier alpha value is -1.41. The number of hydrogen-bond acceptors (Lipinski definition) is 6. The van der Waals surface area contributed by atoms with Gasteiger partial charge in [-0.05, 0) is 44.3 Å². The molecule has 1 N–H and O–H groups in total. The molecule has 2 aromatic heterocycles. The minimum Gasteiger partial charge on any atom is -0.480 e. The molecule has 0 bridgehead atoms. The molecular formula is C17H24ClN3O3S. The highest BCUT2D eigenvalue weighted by Crippen LogP contribution is 2.26. The molecule has 3 rings (SSSR count). The van der Waals surface area contributed by atoms with Crippen LogP contribution >= 0.6 is 23.7 Å². The number of aromatic nitrogens is 1. The van der Waals surface area contributed by atoms with Crippen molar-refractivity contribution in [3.05, 3.63) is 29.3 Å². The largest absolute Gasteiger partial charge is 0.480 e. The molecule has 6 nitrogen and oxygen atoms in total. The second-order valence-corrected chi connectivity index (χ2v) is 7.28. The summed E-state index contributed by atoms with van der Waals surface area (Å²) in [4.78, 5) is 16.3. The molecule has 1 saturated heterocycles. The van der Waals surface area contributed by atoms with E-state index in [0.717, 1.165) is 55.2 Å².